The first-order chi connectivity index (χ1) is 6.11. The van der Waals surface area contributed by atoms with Crippen LogP contribution in [-0.4, -0.2) is 0 Å². The highest BCUT2D eigenvalue weighted by Crippen LogP contribution is 2.27. The molecule has 0 saturated heterocycles. The van der Waals surface area contributed by atoms with E-state index in [2.05, 4.69) is 34.6 Å². The van der Waals surface area contributed by atoms with E-state index in [0.717, 1.165) is 11.8 Å². The zero-order valence-electron chi connectivity index (χ0n) is 10.2. The van der Waals surface area contributed by atoms with E-state index in [1.165, 1.54) is 32.1 Å². The topological polar surface area (TPSA) is 0 Å². The normalized spacial score (nSPS) is 16.2. The molecule has 0 amide bonds. The fraction of sp³-hybridized carbons (Fsp3) is 0.923. The van der Waals surface area contributed by atoms with Gasteiger partial charge in [-0.3, -0.25) is 0 Å². The van der Waals surface area contributed by atoms with Gasteiger partial charge in [-0.05, 0) is 24.2 Å². The average Bonchev–Trinajstić information content (AvgIpc) is 2.05. The summed E-state index contributed by atoms with van der Waals surface area (Å²) in [6, 6.07) is 0. The van der Waals surface area contributed by atoms with E-state index in [-0.39, 0.29) is 0 Å². The van der Waals surface area contributed by atoms with Gasteiger partial charge in [0.05, 0.1) is 0 Å². The summed E-state index contributed by atoms with van der Waals surface area (Å²) >= 11 is 0. The Hall–Kier alpha value is 0. The minimum atomic E-state index is 0.837. The molecule has 13 heavy (non-hydrogen) atoms. The predicted molar refractivity (Wildman–Crippen MR) is 61.7 cm³/mol. The minimum absolute atomic E-state index is 0.837. The highest BCUT2D eigenvalue weighted by molar-refractivity contribution is 4.90. The van der Waals surface area contributed by atoms with Crippen molar-refractivity contribution >= 4 is 0 Å². The van der Waals surface area contributed by atoms with Crippen LogP contribution >= 0.6 is 0 Å². The zero-order valence-corrected chi connectivity index (χ0v) is 10.2. The Balaban J connectivity index is 3.64. The molecule has 0 fully saturated rings. The van der Waals surface area contributed by atoms with E-state index in [9.17, 15) is 0 Å². The third kappa shape index (κ3) is 6.12. The van der Waals surface area contributed by atoms with Gasteiger partial charge in [0, 0.05) is 0 Å². The molecule has 2 atom stereocenters. The number of hydrogen-bond acceptors (Lipinski definition) is 0. The molecule has 0 N–H and O–H groups in total. The molecule has 0 aromatic carbocycles. The molecule has 0 spiro atoms. The van der Waals surface area contributed by atoms with Gasteiger partial charge in [0.15, 0.2) is 0 Å². The third-order valence-electron chi connectivity index (χ3n) is 3.01. The second-order valence-corrected chi connectivity index (χ2v) is 4.63. The second-order valence-electron chi connectivity index (χ2n) is 4.63. The molecule has 0 saturated carbocycles. The summed E-state index contributed by atoms with van der Waals surface area (Å²) in [5.41, 5.74) is 0. The van der Waals surface area contributed by atoms with Crippen LogP contribution in [-0.2, 0) is 0 Å². The van der Waals surface area contributed by atoms with Gasteiger partial charge in [-0.25, -0.2) is 0 Å². The molecule has 0 aliphatic heterocycles. The van der Waals surface area contributed by atoms with E-state index in [1.54, 1.807) is 5.92 Å². The van der Waals surface area contributed by atoms with Crippen molar-refractivity contribution in [2.75, 3.05) is 0 Å². The maximum absolute atomic E-state index is 2.38. The van der Waals surface area contributed by atoms with Crippen LogP contribution in [0.15, 0.2) is 0 Å². The molecular formula is C13H27. The van der Waals surface area contributed by atoms with Crippen LogP contribution in [0.2, 0.25) is 0 Å². The quantitative estimate of drug-likeness (QED) is 0.529. The fourth-order valence-electron chi connectivity index (χ4n) is 2.03. The molecule has 0 aromatic heterocycles. The Morgan fingerprint density at radius 3 is 2.00 bits per heavy atom. The van der Waals surface area contributed by atoms with Crippen molar-refractivity contribution in [3.05, 3.63) is 5.92 Å². The number of rotatable bonds is 7. The first kappa shape index (κ1) is 13.0. The lowest BCUT2D eigenvalue weighted by atomic mass is 9.84. The van der Waals surface area contributed by atoms with Crippen LogP contribution in [0.1, 0.15) is 66.7 Å². The molecule has 0 aliphatic rings. The SMILES string of the molecule is CCCC(C)C[C](C)C(C)CCC. The van der Waals surface area contributed by atoms with Crippen LogP contribution in [0, 0.1) is 17.8 Å². The summed E-state index contributed by atoms with van der Waals surface area (Å²) in [5.74, 6) is 3.44. The van der Waals surface area contributed by atoms with Gasteiger partial charge in [0.25, 0.3) is 0 Å². The molecule has 0 aromatic rings. The van der Waals surface area contributed by atoms with E-state index in [4.69, 9.17) is 0 Å². The Kier molecular flexibility index (Phi) is 7.41. The van der Waals surface area contributed by atoms with E-state index < -0.39 is 0 Å². The molecule has 2 unspecified atom stereocenters. The van der Waals surface area contributed by atoms with E-state index in [1.807, 2.05) is 0 Å². The molecule has 0 aliphatic carbocycles. The van der Waals surface area contributed by atoms with Crippen molar-refractivity contribution in [2.45, 2.75) is 66.7 Å². The van der Waals surface area contributed by atoms with Crippen LogP contribution < -0.4 is 0 Å². The first-order valence-electron chi connectivity index (χ1n) is 5.94. The number of hydrogen-bond donors (Lipinski definition) is 0. The third-order valence-corrected chi connectivity index (χ3v) is 3.01. The van der Waals surface area contributed by atoms with E-state index in [0.29, 0.717) is 0 Å². The van der Waals surface area contributed by atoms with Gasteiger partial charge in [-0.15, -0.1) is 0 Å². The summed E-state index contributed by atoms with van der Waals surface area (Å²) in [4.78, 5) is 0. The lowest BCUT2D eigenvalue weighted by molar-refractivity contribution is 0.428. The molecule has 0 heteroatoms. The summed E-state index contributed by atoms with van der Waals surface area (Å²) in [7, 11) is 0. The lowest BCUT2D eigenvalue weighted by Gasteiger charge is -2.22. The summed E-state index contributed by atoms with van der Waals surface area (Å²) in [6.07, 6.45) is 6.74. The van der Waals surface area contributed by atoms with Crippen molar-refractivity contribution in [2.24, 2.45) is 11.8 Å². The Morgan fingerprint density at radius 1 is 1.00 bits per heavy atom. The first-order valence-corrected chi connectivity index (χ1v) is 5.94. The molecular weight excluding hydrogens is 156 g/mol. The fourth-order valence-corrected chi connectivity index (χ4v) is 2.03. The van der Waals surface area contributed by atoms with Crippen LogP contribution in [0.25, 0.3) is 0 Å². The van der Waals surface area contributed by atoms with Gasteiger partial charge in [0.2, 0.25) is 0 Å². The maximum atomic E-state index is 2.38. The molecule has 1 radical (unpaired) electrons. The minimum Gasteiger partial charge on any atom is -0.0654 e. The highest BCUT2D eigenvalue weighted by atomic mass is 14.2. The summed E-state index contributed by atoms with van der Waals surface area (Å²) in [5, 5.41) is 0. The van der Waals surface area contributed by atoms with Crippen molar-refractivity contribution in [1.29, 1.82) is 0 Å². The standard InChI is InChI=1S/C13H27/c1-6-8-11(3)10-13(5)12(4)9-7-2/h11-12H,6-10H2,1-5H3. The Bertz CT molecular complexity index is 107. The largest absolute Gasteiger partial charge is 0.0654 e. The summed E-state index contributed by atoms with van der Waals surface area (Å²) < 4.78 is 0. The summed E-state index contributed by atoms with van der Waals surface area (Å²) in [6.45, 7) is 11.6. The predicted octanol–water partition coefficient (Wildman–Crippen LogP) is 4.84. The maximum Gasteiger partial charge on any atom is -0.0241 e. The van der Waals surface area contributed by atoms with Crippen LogP contribution in [0.3, 0.4) is 0 Å². The van der Waals surface area contributed by atoms with Crippen molar-refractivity contribution < 1.29 is 0 Å². The van der Waals surface area contributed by atoms with Crippen molar-refractivity contribution in [1.82, 2.24) is 0 Å². The smallest absolute Gasteiger partial charge is 0.0241 e. The molecule has 0 rings (SSSR count). The van der Waals surface area contributed by atoms with E-state index >= 15 is 0 Å². The molecule has 0 bridgehead atoms. The van der Waals surface area contributed by atoms with Crippen LogP contribution in [0.4, 0.5) is 0 Å². The molecule has 0 heterocycles. The molecule has 0 nitrogen and oxygen atoms in total. The highest BCUT2D eigenvalue weighted by Gasteiger charge is 2.14. The van der Waals surface area contributed by atoms with Crippen molar-refractivity contribution in [3.8, 4) is 0 Å². The van der Waals surface area contributed by atoms with Crippen LogP contribution in [0.5, 0.6) is 0 Å². The van der Waals surface area contributed by atoms with Gasteiger partial charge >= 0.3 is 0 Å². The van der Waals surface area contributed by atoms with Gasteiger partial charge < -0.3 is 0 Å². The van der Waals surface area contributed by atoms with Gasteiger partial charge in [-0.1, -0.05) is 60.3 Å². The lowest BCUT2D eigenvalue weighted by Crippen LogP contribution is -2.09. The Morgan fingerprint density at radius 2 is 1.54 bits per heavy atom. The molecule has 79 valence electrons. The van der Waals surface area contributed by atoms with Crippen molar-refractivity contribution in [3.63, 3.8) is 0 Å². The second kappa shape index (κ2) is 7.41. The van der Waals surface area contributed by atoms with Gasteiger partial charge in [-0.2, -0.15) is 0 Å². The van der Waals surface area contributed by atoms with Gasteiger partial charge in [0.1, 0.15) is 0 Å². The Labute approximate surface area is 85.1 Å². The monoisotopic (exact) mass is 183 g/mol. The zero-order chi connectivity index (χ0) is 10.3. The average molecular weight is 183 g/mol.